The molecule has 0 bridgehead atoms. The van der Waals surface area contributed by atoms with E-state index in [1.165, 1.54) is 36.4 Å². The molecule has 0 saturated heterocycles. The lowest BCUT2D eigenvalue weighted by Crippen LogP contribution is -2.30. The van der Waals surface area contributed by atoms with E-state index in [0.717, 1.165) is 11.1 Å². The molecular weight excluding hydrogens is 642 g/mol. The Morgan fingerprint density at radius 1 is 0.643 bits per heavy atom. The Bertz CT molecular complexity index is 1700. The summed E-state index contributed by atoms with van der Waals surface area (Å²) in [5.41, 5.74) is 1.34. The maximum atomic E-state index is 14.0. The molecule has 216 valence electrons. The minimum absolute atomic E-state index is 0.00849. The van der Waals surface area contributed by atoms with Crippen LogP contribution in [0.4, 0.5) is 0 Å². The summed E-state index contributed by atoms with van der Waals surface area (Å²) in [5.74, 6) is -1.25. The van der Waals surface area contributed by atoms with Gasteiger partial charge in [-0.25, -0.2) is 8.42 Å². The average Bonchev–Trinajstić information content (AvgIpc) is 2.94. The predicted octanol–water partition coefficient (Wildman–Crippen LogP) is 7.18. The fourth-order valence-electron chi connectivity index (χ4n) is 4.59. The number of nitrogens with one attached hydrogen (secondary N) is 2. The van der Waals surface area contributed by atoms with E-state index in [2.05, 4.69) is 10.6 Å². The third kappa shape index (κ3) is 6.23. The first kappa shape index (κ1) is 30.2. The second-order valence-corrected chi connectivity index (χ2v) is 12.9. The summed E-state index contributed by atoms with van der Waals surface area (Å²) in [6.45, 7) is 0.374. The second kappa shape index (κ2) is 12.5. The first-order chi connectivity index (χ1) is 20.1. The molecule has 42 heavy (non-hydrogen) atoms. The lowest BCUT2D eigenvalue weighted by atomic mass is 10.1. The van der Waals surface area contributed by atoms with Crippen LogP contribution in [0.3, 0.4) is 0 Å². The number of carbonyl (C=O) groups is 2. The SMILES string of the molecule is O=C(NCCc1ccc(Cl)cc1Cl)c1cccc2c1S(=O)(=O)c1c(cccc1C(=O)NCCc1ccc(Cl)cc1Cl)O2. The quantitative estimate of drug-likeness (QED) is 0.183. The first-order valence-electron chi connectivity index (χ1n) is 12.7. The number of amides is 2. The highest BCUT2D eigenvalue weighted by Crippen LogP contribution is 2.45. The number of halogens is 4. The van der Waals surface area contributed by atoms with E-state index in [4.69, 9.17) is 51.1 Å². The van der Waals surface area contributed by atoms with Gasteiger partial charge in [0.15, 0.2) is 0 Å². The molecule has 4 aromatic rings. The number of ether oxygens (including phenoxy) is 1. The lowest BCUT2D eigenvalue weighted by molar-refractivity contribution is 0.0944. The molecule has 1 aliphatic rings. The van der Waals surface area contributed by atoms with Gasteiger partial charge in [0.05, 0.1) is 11.1 Å². The summed E-state index contributed by atoms with van der Waals surface area (Å²) in [4.78, 5) is 25.8. The van der Waals surface area contributed by atoms with E-state index in [1.54, 1.807) is 36.4 Å². The molecule has 1 aliphatic heterocycles. The number of sulfone groups is 1. The molecule has 0 fully saturated rings. The van der Waals surface area contributed by atoms with Gasteiger partial charge in [-0.1, -0.05) is 70.7 Å². The van der Waals surface area contributed by atoms with Crippen molar-refractivity contribution in [2.45, 2.75) is 22.6 Å². The van der Waals surface area contributed by atoms with Crippen molar-refractivity contribution in [2.75, 3.05) is 13.1 Å². The molecule has 5 rings (SSSR count). The van der Waals surface area contributed by atoms with Crippen molar-refractivity contribution in [1.82, 2.24) is 10.6 Å². The molecule has 0 aromatic heterocycles. The van der Waals surface area contributed by atoms with Crippen LogP contribution in [0.2, 0.25) is 20.1 Å². The molecule has 0 atom stereocenters. The van der Waals surface area contributed by atoms with Crippen LogP contribution in [0.5, 0.6) is 11.5 Å². The normalized spacial score (nSPS) is 13.0. The van der Waals surface area contributed by atoms with E-state index in [-0.39, 0.29) is 45.5 Å². The van der Waals surface area contributed by atoms with Crippen LogP contribution in [-0.2, 0) is 22.7 Å². The summed E-state index contributed by atoms with van der Waals surface area (Å²) < 4.78 is 33.9. The van der Waals surface area contributed by atoms with Gasteiger partial charge in [-0.3, -0.25) is 9.59 Å². The van der Waals surface area contributed by atoms with Crippen molar-refractivity contribution >= 4 is 68.1 Å². The van der Waals surface area contributed by atoms with Gasteiger partial charge in [0.2, 0.25) is 9.84 Å². The molecular formula is C30H22Cl4N2O5S. The van der Waals surface area contributed by atoms with Crippen LogP contribution in [0, 0.1) is 0 Å². The summed E-state index contributed by atoms with van der Waals surface area (Å²) in [6.07, 6.45) is 0.794. The maximum Gasteiger partial charge on any atom is 0.252 e. The van der Waals surface area contributed by atoms with E-state index >= 15 is 0 Å². The lowest BCUT2D eigenvalue weighted by Gasteiger charge is -2.24. The van der Waals surface area contributed by atoms with Crippen LogP contribution < -0.4 is 15.4 Å². The van der Waals surface area contributed by atoms with Gasteiger partial charge in [-0.05, 0) is 72.5 Å². The van der Waals surface area contributed by atoms with Gasteiger partial charge in [0.1, 0.15) is 21.3 Å². The zero-order valence-corrected chi connectivity index (χ0v) is 25.6. The van der Waals surface area contributed by atoms with Crippen molar-refractivity contribution in [2.24, 2.45) is 0 Å². The van der Waals surface area contributed by atoms with Gasteiger partial charge < -0.3 is 15.4 Å². The number of benzene rings is 4. The number of fused-ring (bicyclic) bond motifs is 2. The fraction of sp³-hybridized carbons (Fsp3) is 0.133. The molecule has 2 amide bonds. The number of carbonyl (C=O) groups excluding carboxylic acids is 2. The van der Waals surface area contributed by atoms with E-state index in [1.807, 2.05) is 0 Å². The Morgan fingerprint density at radius 2 is 1.07 bits per heavy atom. The molecule has 7 nitrogen and oxygen atoms in total. The summed E-state index contributed by atoms with van der Waals surface area (Å²) in [6, 6.07) is 18.9. The molecule has 2 N–H and O–H groups in total. The molecule has 1 heterocycles. The molecule has 0 aliphatic carbocycles. The van der Waals surface area contributed by atoms with Crippen LogP contribution in [0.1, 0.15) is 31.8 Å². The van der Waals surface area contributed by atoms with Crippen molar-refractivity contribution in [3.05, 3.63) is 115 Å². The minimum Gasteiger partial charge on any atom is -0.455 e. The summed E-state index contributed by atoms with van der Waals surface area (Å²) in [5, 5.41) is 7.39. The third-order valence-corrected chi connectivity index (χ3v) is 9.69. The maximum absolute atomic E-state index is 14.0. The zero-order chi connectivity index (χ0) is 30.0. The highest BCUT2D eigenvalue weighted by Gasteiger charge is 2.38. The van der Waals surface area contributed by atoms with E-state index in [0.29, 0.717) is 32.9 Å². The van der Waals surface area contributed by atoms with Crippen molar-refractivity contribution in [1.29, 1.82) is 0 Å². The summed E-state index contributed by atoms with van der Waals surface area (Å²) in [7, 11) is -4.35. The molecule has 0 saturated carbocycles. The first-order valence-corrected chi connectivity index (χ1v) is 15.7. The topological polar surface area (TPSA) is 102 Å². The van der Waals surface area contributed by atoms with Crippen LogP contribution in [0.15, 0.2) is 82.6 Å². The van der Waals surface area contributed by atoms with Crippen LogP contribution >= 0.6 is 46.4 Å². The van der Waals surface area contributed by atoms with Crippen LogP contribution in [0.25, 0.3) is 0 Å². The average molecular weight is 664 g/mol. The number of hydrogen-bond acceptors (Lipinski definition) is 5. The van der Waals surface area contributed by atoms with Crippen molar-refractivity contribution in [3.8, 4) is 11.5 Å². The Labute approximate surface area is 262 Å². The van der Waals surface area contributed by atoms with Gasteiger partial charge in [-0.15, -0.1) is 0 Å². The zero-order valence-electron chi connectivity index (χ0n) is 21.7. The molecule has 0 radical (unpaired) electrons. The Morgan fingerprint density at radius 3 is 1.48 bits per heavy atom. The van der Waals surface area contributed by atoms with Gasteiger partial charge in [0, 0.05) is 33.2 Å². The van der Waals surface area contributed by atoms with Gasteiger partial charge in [0.25, 0.3) is 11.8 Å². The van der Waals surface area contributed by atoms with Crippen molar-refractivity contribution in [3.63, 3.8) is 0 Å². The highest BCUT2D eigenvalue weighted by molar-refractivity contribution is 7.92. The van der Waals surface area contributed by atoms with E-state index in [9.17, 15) is 18.0 Å². The van der Waals surface area contributed by atoms with Crippen molar-refractivity contribution < 1.29 is 22.7 Å². The monoisotopic (exact) mass is 662 g/mol. The highest BCUT2D eigenvalue weighted by atomic mass is 35.5. The Hall–Kier alpha value is -3.27. The molecule has 12 heteroatoms. The standard InChI is InChI=1S/C30H22Cl4N2O5S/c31-19-9-7-17(23(33)15-19)11-13-35-29(37)21-3-1-5-25-27(21)42(39,40)28-22(4-2-6-26(28)41-25)30(38)36-14-12-18-8-10-20(32)16-24(18)34/h1-10,15-16H,11-14H2,(H,35,37)(H,36,38). The summed E-state index contributed by atoms with van der Waals surface area (Å²) >= 11 is 24.3. The minimum atomic E-state index is -4.35. The largest absolute Gasteiger partial charge is 0.455 e. The number of rotatable bonds is 8. The predicted molar refractivity (Wildman–Crippen MR) is 163 cm³/mol. The molecule has 0 spiro atoms. The second-order valence-electron chi connectivity index (χ2n) is 9.35. The smallest absolute Gasteiger partial charge is 0.252 e. The Kier molecular flexibility index (Phi) is 9.01. The third-order valence-electron chi connectivity index (χ3n) is 6.59. The fourth-order valence-corrected chi connectivity index (χ4v) is 7.45. The number of hydrogen-bond donors (Lipinski definition) is 2. The molecule has 4 aromatic carbocycles. The van der Waals surface area contributed by atoms with Gasteiger partial charge in [-0.2, -0.15) is 0 Å². The Balaban J connectivity index is 1.36. The molecule has 0 unspecified atom stereocenters. The van der Waals surface area contributed by atoms with Crippen LogP contribution in [-0.4, -0.2) is 33.3 Å². The van der Waals surface area contributed by atoms with E-state index < -0.39 is 21.7 Å². The van der Waals surface area contributed by atoms with Gasteiger partial charge >= 0.3 is 0 Å².